The van der Waals surface area contributed by atoms with E-state index >= 15 is 0 Å². The summed E-state index contributed by atoms with van der Waals surface area (Å²) >= 11 is 0. The number of Topliss-reactive ketones (excluding diaryl/α,β-unsaturated/α-hetero) is 1. The van der Waals surface area contributed by atoms with Crippen LogP contribution < -0.4 is 0 Å². The van der Waals surface area contributed by atoms with E-state index in [4.69, 9.17) is 9.47 Å². The summed E-state index contributed by atoms with van der Waals surface area (Å²) in [5.41, 5.74) is 0.906. The van der Waals surface area contributed by atoms with Gasteiger partial charge in [-0.15, -0.1) is 0 Å². The molecule has 1 aromatic carbocycles. The molecular weight excluding hydrogens is 220 g/mol. The number of rotatable bonds is 6. The molecule has 0 heterocycles. The van der Waals surface area contributed by atoms with Crippen molar-refractivity contribution >= 4 is 11.8 Å². The molecule has 1 aromatic rings. The molecule has 0 saturated heterocycles. The molecule has 0 radical (unpaired) electrons. The minimum atomic E-state index is -1.13. The van der Waals surface area contributed by atoms with Crippen LogP contribution in [-0.4, -0.2) is 24.5 Å². The number of carbonyl (C=O) groups excluding carboxylic acids is 2. The first-order valence-corrected chi connectivity index (χ1v) is 5.47. The number of hydrogen-bond acceptors (Lipinski definition) is 4. The third-order valence-corrected chi connectivity index (χ3v) is 2.13. The highest BCUT2D eigenvalue weighted by atomic mass is 16.6. The van der Waals surface area contributed by atoms with Crippen LogP contribution in [-0.2, 0) is 25.7 Å². The van der Waals surface area contributed by atoms with Crippen LogP contribution in [0.4, 0.5) is 0 Å². The molecule has 0 fully saturated rings. The third kappa shape index (κ3) is 4.36. The predicted molar refractivity (Wildman–Crippen MR) is 62.3 cm³/mol. The molecule has 1 atom stereocenters. The number of esters is 1. The van der Waals surface area contributed by atoms with Crippen LogP contribution in [0.1, 0.15) is 19.4 Å². The molecule has 0 amide bonds. The molecule has 17 heavy (non-hydrogen) atoms. The summed E-state index contributed by atoms with van der Waals surface area (Å²) in [6.45, 7) is 3.44. The molecule has 92 valence electrons. The zero-order valence-corrected chi connectivity index (χ0v) is 10.0. The van der Waals surface area contributed by atoms with Crippen molar-refractivity contribution < 1.29 is 19.1 Å². The second-order valence-corrected chi connectivity index (χ2v) is 3.54. The van der Waals surface area contributed by atoms with Gasteiger partial charge in [0, 0.05) is 0 Å². The fraction of sp³-hybridized carbons (Fsp3) is 0.385. The van der Waals surface area contributed by atoms with Crippen LogP contribution in [0.2, 0.25) is 0 Å². The molecular formula is C13H16O4. The normalized spacial score (nSPS) is 11.9. The summed E-state index contributed by atoms with van der Waals surface area (Å²) in [6, 6.07) is 9.35. The summed E-state index contributed by atoms with van der Waals surface area (Å²) < 4.78 is 10.0. The van der Waals surface area contributed by atoms with Gasteiger partial charge in [-0.3, -0.25) is 4.79 Å². The van der Waals surface area contributed by atoms with Crippen molar-refractivity contribution in [3.63, 3.8) is 0 Å². The minimum Gasteiger partial charge on any atom is -0.464 e. The zero-order chi connectivity index (χ0) is 12.7. The Bertz CT molecular complexity index is 372. The van der Waals surface area contributed by atoms with Crippen molar-refractivity contribution in [1.29, 1.82) is 0 Å². The Balaban J connectivity index is 2.56. The van der Waals surface area contributed by atoms with E-state index in [2.05, 4.69) is 0 Å². The van der Waals surface area contributed by atoms with Gasteiger partial charge >= 0.3 is 5.97 Å². The fourth-order valence-corrected chi connectivity index (χ4v) is 1.32. The summed E-state index contributed by atoms with van der Waals surface area (Å²) in [4.78, 5) is 22.7. The van der Waals surface area contributed by atoms with Gasteiger partial charge in [-0.25, -0.2) is 4.79 Å². The van der Waals surface area contributed by atoms with Crippen molar-refractivity contribution in [3.05, 3.63) is 35.9 Å². The quantitative estimate of drug-likeness (QED) is 0.557. The number of carbonyl (C=O) groups is 2. The summed E-state index contributed by atoms with van der Waals surface area (Å²) in [5.74, 6) is -0.977. The van der Waals surface area contributed by atoms with Crippen molar-refractivity contribution in [2.75, 3.05) is 6.61 Å². The average molecular weight is 236 g/mol. The second kappa shape index (κ2) is 6.81. The molecule has 0 aliphatic carbocycles. The van der Waals surface area contributed by atoms with E-state index in [1.54, 1.807) is 6.92 Å². The maximum Gasteiger partial charge on any atom is 0.343 e. The Morgan fingerprint density at radius 3 is 2.41 bits per heavy atom. The number of ether oxygens (including phenoxy) is 2. The highest BCUT2D eigenvalue weighted by Crippen LogP contribution is 2.05. The van der Waals surface area contributed by atoms with Gasteiger partial charge < -0.3 is 9.47 Å². The molecule has 4 nitrogen and oxygen atoms in total. The van der Waals surface area contributed by atoms with Gasteiger partial charge in [0.05, 0.1) is 13.2 Å². The van der Waals surface area contributed by atoms with Crippen LogP contribution in [0.15, 0.2) is 30.3 Å². The number of hydrogen-bond donors (Lipinski definition) is 0. The van der Waals surface area contributed by atoms with Gasteiger partial charge in [0.15, 0.2) is 5.78 Å². The first-order chi connectivity index (χ1) is 8.15. The maximum absolute atomic E-state index is 11.4. The van der Waals surface area contributed by atoms with Gasteiger partial charge in [-0.1, -0.05) is 30.3 Å². The van der Waals surface area contributed by atoms with E-state index in [-0.39, 0.29) is 19.0 Å². The van der Waals surface area contributed by atoms with Gasteiger partial charge in [-0.05, 0) is 19.4 Å². The molecule has 0 saturated carbocycles. The second-order valence-electron chi connectivity index (χ2n) is 3.54. The lowest BCUT2D eigenvalue weighted by Crippen LogP contribution is -2.33. The largest absolute Gasteiger partial charge is 0.464 e. The van der Waals surface area contributed by atoms with E-state index in [0.717, 1.165) is 5.56 Å². The standard InChI is InChI=1S/C13H16O4/c1-3-16-13(15)12(10(2)14)17-9-11-7-5-4-6-8-11/h4-8,12H,3,9H2,1-2H3. The smallest absolute Gasteiger partial charge is 0.343 e. The van der Waals surface area contributed by atoms with E-state index in [9.17, 15) is 9.59 Å². The lowest BCUT2D eigenvalue weighted by atomic mass is 10.2. The van der Waals surface area contributed by atoms with Gasteiger partial charge in [0.25, 0.3) is 0 Å². The number of benzene rings is 1. The van der Waals surface area contributed by atoms with Gasteiger partial charge in [-0.2, -0.15) is 0 Å². The van der Waals surface area contributed by atoms with Crippen LogP contribution in [0, 0.1) is 0 Å². The lowest BCUT2D eigenvalue weighted by molar-refractivity contribution is -0.161. The minimum absolute atomic E-state index is 0.212. The Hall–Kier alpha value is -1.68. The molecule has 0 N–H and O–H groups in total. The molecule has 0 bridgehead atoms. The Morgan fingerprint density at radius 2 is 1.88 bits per heavy atom. The Kier molecular flexibility index (Phi) is 5.36. The van der Waals surface area contributed by atoms with Crippen molar-refractivity contribution in [1.82, 2.24) is 0 Å². The van der Waals surface area contributed by atoms with Gasteiger partial charge in [0.2, 0.25) is 6.10 Å². The summed E-state index contributed by atoms with van der Waals surface area (Å²) in [5, 5.41) is 0. The van der Waals surface area contributed by atoms with Crippen LogP contribution >= 0.6 is 0 Å². The average Bonchev–Trinajstić information content (AvgIpc) is 2.30. The first-order valence-electron chi connectivity index (χ1n) is 5.47. The van der Waals surface area contributed by atoms with Crippen LogP contribution in [0.5, 0.6) is 0 Å². The summed E-state index contributed by atoms with van der Waals surface area (Å²) in [6.07, 6.45) is -1.13. The van der Waals surface area contributed by atoms with E-state index < -0.39 is 12.1 Å². The van der Waals surface area contributed by atoms with Gasteiger partial charge in [0.1, 0.15) is 0 Å². The molecule has 1 unspecified atom stereocenters. The van der Waals surface area contributed by atoms with Crippen molar-refractivity contribution in [3.8, 4) is 0 Å². The van der Waals surface area contributed by atoms with E-state index in [1.807, 2.05) is 30.3 Å². The molecule has 0 spiro atoms. The first kappa shape index (κ1) is 13.4. The van der Waals surface area contributed by atoms with Crippen molar-refractivity contribution in [2.24, 2.45) is 0 Å². The topological polar surface area (TPSA) is 52.6 Å². The fourth-order valence-electron chi connectivity index (χ4n) is 1.32. The third-order valence-electron chi connectivity index (χ3n) is 2.13. The zero-order valence-electron chi connectivity index (χ0n) is 10.0. The lowest BCUT2D eigenvalue weighted by Gasteiger charge is -2.13. The summed E-state index contributed by atoms with van der Waals surface area (Å²) in [7, 11) is 0. The Labute approximate surface area is 101 Å². The maximum atomic E-state index is 11.4. The Morgan fingerprint density at radius 1 is 1.24 bits per heavy atom. The predicted octanol–water partition coefficient (Wildman–Crippen LogP) is 1.72. The molecule has 4 heteroatoms. The highest BCUT2D eigenvalue weighted by molar-refractivity contribution is 6.00. The molecule has 0 aliphatic heterocycles. The molecule has 0 aliphatic rings. The van der Waals surface area contributed by atoms with Crippen LogP contribution in [0.25, 0.3) is 0 Å². The SMILES string of the molecule is CCOC(=O)C(OCc1ccccc1)C(C)=O. The monoisotopic (exact) mass is 236 g/mol. The molecule has 1 rings (SSSR count). The highest BCUT2D eigenvalue weighted by Gasteiger charge is 2.25. The van der Waals surface area contributed by atoms with E-state index in [0.29, 0.717) is 0 Å². The van der Waals surface area contributed by atoms with Crippen molar-refractivity contribution in [2.45, 2.75) is 26.6 Å². The van der Waals surface area contributed by atoms with E-state index in [1.165, 1.54) is 6.92 Å². The molecule has 0 aromatic heterocycles. The number of ketones is 1. The van der Waals surface area contributed by atoms with Crippen LogP contribution in [0.3, 0.4) is 0 Å².